The van der Waals surface area contributed by atoms with Gasteiger partial charge in [0.25, 0.3) is 0 Å². The molecule has 0 bridgehead atoms. The summed E-state index contributed by atoms with van der Waals surface area (Å²) in [5.41, 5.74) is 0.714. The van der Waals surface area contributed by atoms with Crippen molar-refractivity contribution in [3.8, 4) is 0 Å². The fourth-order valence-corrected chi connectivity index (χ4v) is 2.88. The Bertz CT molecular complexity index is 427. The molecule has 1 aromatic carbocycles. The molecule has 20 heavy (non-hydrogen) atoms. The van der Waals surface area contributed by atoms with Gasteiger partial charge in [-0.05, 0) is 60.8 Å². The summed E-state index contributed by atoms with van der Waals surface area (Å²) in [6, 6.07) is 5.33. The Hall–Kier alpha value is -0.450. The molecule has 1 rings (SSSR count). The second-order valence-electron chi connectivity index (χ2n) is 5.13. The van der Waals surface area contributed by atoms with Gasteiger partial charge in [0.2, 0.25) is 0 Å². The van der Waals surface area contributed by atoms with Crippen molar-refractivity contribution in [2.24, 2.45) is 0 Å². The van der Waals surface area contributed by atoms with Crippen molar-refractivity contribution < 1.29 is 9.13 Å². The molecule has 2 nitrogen and oxygen atoms in total. The van der Waals surface area contributed by atoms with Gasteiger partial charge in [-0.3, -0.25) is 0 Å². The Morgan fingerprint density at radius 1 is 1.35 bits per heavy atom. The van der Waals surface area contributed by atoms with Crippen molar-refractivity contribution >= 4 is 15.9 Å². The lowest BCUT2D eigenvalue weighted by Crippen LogP contribution is -2.51. The second kappa shape index (κ2) is 8.11. The molecular weight excluding hydrogens is 321 g/mol. The lowest BCUT2D eigenvalue weighted by molar-refractivity contribution is -0.0547. The minimum Gasteiger partial charge on any atom is -0.374 e. The standard InChI is InChI=1S/C16H25BrFNO/c1-5-16(4,20-7-3)14(19-6-2)11-12-9-8-10-13(18)15(12)17/h8-10,14,19H,5-7,11H2,1-4H3. The van der Waals surface area contributed by atoms with Gasteiger partial charge in [-0.15, -0.1) is 0 Å². The van der Waals surface area contributed by atoms with E-state index in [9.17, 15) is 4.39 Å². The number of nitrogens with one attached hydrogen (secondary N) is 1. The van der Waals surface area contributed by atoms with E-state index in [4.69, 9.17) is 4.74 Å². The normalized spacial score (nSPS) is 15.9. The topological polar surface area (TPSA) is 21.3 Å². The van der Waals surface area contributed by atoms with Crippen LogP contribution in [0.15, 0.2) is 22.7 Å². The Morgan fingerprint density at radius 3 is 2.60 bits per heavy atom. The van der Waals surface area contributed by atoms with E-state index in [-0.39, 0.29) is 17.5 Å². The highest BCUT2D eigenvalue weighted by Crippen LogP contribution is 2.27. The van der Waals surface area contributed by atoms with Crippen molar-refractivity contribution in [3.05, 3.63) is 34.1 Å². The van der Waals surface area contributed by atoms with Crippen LogP contribution in [-0.2, 0) is 11.2 Å². The summed E-state index contributed by atoms with van der Waals surface area (Å²) in [5, 5.41) is 3.49. The predicted molar refractivity (Wildman–Crippen MR) is 85.6 cm³/mol. The molecule has 2 unspecified atom stereocenters. The monoisotopic (exact) mass is 345 g/mol. The van der Waals surface area contributed by atoms with Gasteiger partial charge in [0, 0.05) is 12.6 Å². The molecule has 4 heteroatoms. The zero-order valence-corrected chi connectivity index (χ0v) is 14.4. The molecule has 0 radical (unpaired) electrons. The average molecular weight is 346 g/mol. The first-order valence-electron chi connectivity index (χ1n) is 7.28. The number of rotatable bonds is 8. The number of benzene rings is 1. The van der Waals surface area contributed by atoms with E-state index >= 15 is 0 Å². The van der Waals surface area contributed by atoms with E-state index in [1.165, 1.54) is 6.07 Å². The maximum atomic E-state index is 13.6. The first-order chi connectivity index (χ1) is 9.48. The Balaban J connectivity index is 2.99. The van der Waals surface area contributed by atoms with Gasteiger partial charge in [0.15, 0.2) is 0 Å². The number of hydrogen-bond acceptors (Lipinski definition) is 2. The smallest absolute Gasteiger partial charge is 0.137 e. The molecule has 114 valence electrons. The molecule has 0 aliphatic rings. The summed E-state index contributed by atoms with van der Waals surface area (Å²) in [5.74, 6) is -0.215. The molecule has 0 aliphatic heterocycles. The molecule has 0 saturated carbocycles. The van der Waals surface area contributed by atoms with E-state index in [1.54, 1.807) is 6.07 Å². The van der Waals surface area contributed by atoms with Crippen molar-refractivity contribution in [2.75, 3.05) is 13.2 Å². The summed E-state index contributed by atoms with van der Waals surface area (Å²) in [7, 11) is 0. The third kappa shape index (κ3) is 4.27. The van der Waals surface area contributed by atoms with Gasteiger partial charge in [-0.25, -0.2) is 4.39 Å². The predicted octanol–water partition coefficient (Wildman–Crippen LogP) is 4.31. The number of ether oxygens (including phenoxy) is 1. The van der Waals surface area contributed by atoms with Crippen LogP contribution in [0.5, 0.6) is 0 Å². The van der Waals surface area contributed by atoms with E-state index in [2.05, 4.69) is 42.0 Å². The van der Waals surface area contributed by atoms with Crippen LogP contribution in [0.25, 0.3) is 0 Å². The van der Waals surface area contributed by atoms with E-state index in [0.717, 1.165) is 24.9 Å². The van der Waals surface area contributed by atoms with Gasteiger partial charge in [0.1, 0.15) is 5.82 Å². The maximum absolute atomic E-state index is 13.6. The molecule has 0 fully saturated rings. The third-order valence-corrected chi connectivity index (χ3v) is 4.71. The summed E-state index contributed by atoms with van der Waals surface area (Å²) in [6.45, 7) is 9.87. The molecule has 0 amide bonds. The third-order valence-electron chi connectivity index (χ3n) is 3.82. The van der Waals surface area contributed by atoms with Crippen LogP contribution in [0.3, 0.4) is 0 Å². The van der Waals surface area contributed by atoms with Crippen molar-refractivity contribution in [2.45, 2.75) is 52.2 Å². The summed E-state index contributed by atoms with van der Waals surface area (Å²) < 4.78 is 20.2. The van der Waals surface area contributed by atoms with Crippen LogP contribution < -0.4 is 5.32 Å². The Labute approximate surface area is 130 Å². The Morgan fingerprint density at radius 2 is 2.05 bits per heavy atom. The van der Waals surface area contributed by atoms with Gasteiger partial charge < -0.3 is 10.1 Å². The second-order valence-corrected chi connectivity index (χ2v) is 5.92. The van der Waals surface area contributed by atoms with Crippen LogP contribution in [0, 0.1) is 5.82 Å². The summed E-state index contributed by atoms with van der Waals surface area (Å²) >= 11 is 3.34. The molecule has 0 aromatic heterocycles. The lowest BCUT2D eigenvalue weighted by atomic mass is 9.88. The molecule has 0 heterocycles. The van der Waals surface area contributed by atoms with Gasteiger partial charge in [-0.2, -0.15) is 0 Å². The average Bonchev–Trinajstić information content (AvgIpc) is 2.43. The number of hydrogen-bond donors (Lipinski definition) is 1. The molecule has 0 saturated heterocycles. The van der Waals surface area contributed by atoms with Gasteiger partial charge >= 0.3 is 0 Å². The van der Waals surface area contributed by atoms with Gasteiger partial charge in [0.05, 0.1) is 10.1 Å². The molecule has 0 spiro atoms. The number of likely N-dealkylation sites (N-methyl/N-ethyl adjacent to an activating group) is 1. The summed E-state index contributed by atoms with van der Waals surface area (Å²) in [6.07, 6.45) is 1.64. The SMILES string of the molecule is CCNC(Cc1cccc(F)c1Br)C(C)(CC)OCC. The highest BCUT2D eigenvalue weighted by Gasteiger charge is 2.33. The zero-order chi connectivity index (χ0) is 15.2. The largest absolute Gasteiger partial charge is 0.374 e. The van der Waals surface area contributed by atoms with Crippen LogP contribution in [-0.4, -0.2) is 24.8 Å². The number of halogens is 2. The Kier molecular flexibility index (Phi) is 7.13. The molecule has 0 aliphatic carbocycles. The highest BCUT2D eigenvalue weighted by atomic mass is 79.9. The fraction of sp³-hybridized carbons (Fsp3) is 0.625. The lowest BCUT2D eigenvalue weighted by Gasteiger charge is -2.37. The first-order valence-corrected chi connectivity index (χ1v) is 8.08. The van der Waals surface area contributed by atoms with Crippen molar-refractivity contribution in [3.63, 3.8) is 0 Å². The first kappa shape index (κ1) is 17.6. The van der Waals surface area contributed by atoms with Crippen molar-refractivity contribution in [1.82, 2.24) is 5.32 Å². The van der Waals surface area contributed by atoms with Crippen LogP contribution in [0.2, 0.25) is 0 Å². The molecule has 1 N–H and O–H groups in total. The zero-order valence-electron chi connectivity index (χ0n) is 12.8. The fourth-order valence-electron chi connectivity index (χ4n) is 2.46. The van der Waals surface area contributed by atoms with E-state index < -0.39 is 0 Å². The summed E-state index contributed by atoms with van der Waals surface area (Å²) in [4.78, 5) is 0. The molecular formula is C16H25BrFNO. The minimum absolute atomic E-state index is 0.149. The van der Waals surface area contributed by atoms with E-state index in [1.807, 2.05) is 13.0 Å². The van der Waals surface area contributed by atoms with E-state index in [0.29, 0.717) is 11.1 Å². The van der Waals surface area contributed by atoms with Crippen LogP contribution in [0.4, 0.5) is 4.39 Å². The molecule has 2 atom stereocenters. The molecule has 1 aromatic rings. The van der Waals surface area contributed by atoms with Crippen molar-refractivity contribution in [1.29, 1.82) is 0 Å². The quantitative estimate of drug-likeness (QED) is 0.757. The van der Waals surface area contributed by atoms with Gasteiger partial charge in [-0.1, -0.05) is 26.0 Å². The maximum Gasteiger partial charge on any atom is 0.137 e. The minimum atomic E-state index is -0.253. The highest BCUT2D eigenvalue weighted by molar-refractivity contribution is 9.10. The van der Waals surface area contributed by atoms with Crippen LogP contribution >= 0.6 is 15.9 Å². The van der Waals surface area contributed by atoms with Crippen LogP contribution in [0.1, 0.15) is 39.7 Å².